The van der Waals surface area contributed by atoms with Crippen LogP contribution >= 0.6 is 0 Å². The van der Waals surface area contributed by atoms with Gasteiger partial charge in [0.25, 0.3) is 0 Å². The van der Waals surface area contributed by atoms with Crippen molar-refractivity contribution in [3.05, 3.63) is 0 Å². The third kappa shape index (κ3) is 6.10. The summed E-state index contributed by atoms with van der Waals surface area (Å²) in [5.74, 6) is -1.32. The molecule has 0 aliphatic rings. The monoisotopic (exact) mass is 266 g/mol. The fourth-order valence-electron chi connectivity index (χ4n) is 0.852. The fourth-order valence-corrected chi connectivity index (χ4v) is 1.71. The predicted octanol–water partition coefficient (Wildman–Crippen LogP) is -0.418. The third-order valence-corrected chi connectivity index (χ3v) is 4.32. The van der Waals surface area contributed by atoms with Gasteiger partial charge < -0.3 is 15.7 Å². The average Bonchev–Trinajstić information content (AvgIpc) is 2.16. The minimum absolute atomic E-state index is 0.0430. The molecule has 0 aliphatic heterocycles. The van der Waals surface area contributed by atoms with E-state index in [0.29, 0.717) is 0 Å². The maximum atomic E-state index is 11.4. The summed E-state index contributed by atoms with van der Waals surface area (Å²) in [6.07, 6.45) is 0. The van der Waals surface area contributed by atoms with E-state index in [1.54, 1.807) is 13.8 Å². The number of carbonyl (C=O) groups excluding carboxylic acids is 1. The summed E-state index contributed by atoms with van der Waals surface area (Å²) in [7, 11) is -3.20. The summed E-state index contributed by atoms with van der Waals surface area (Å²) in [6, 6.07) is -1.71. The molecule has 0 aromatic carbocycles. The number of nitrogens with one attached hydrogen (secondary N) is 2. The van der Waals surface area contributed by atoms with Gasteiger partial charge in [-0.2, -0.15) is 0 Å². The molecule has 0 radical (unpaired) electrons. The van der Waals surface area contributed by atoms with Crippen molar-refractivity contribution in [3.8, 4) is 0 Å². The van der Waals surface area contributed by atoms with Gasteiger partial charge in [0.15, 0.2) is 9.84 Å². The Morgan fingerprint density at radius 1 is 1.24 bits per heavy atom. The van der Waals surface area contributed by atoms with Gasteiger partial charge in [0.2, 0.25) is 0 Å². The molecule has 0 heterocycles. The van der Waals surface area contributed by atoms with E-state index < -0.39 is 33.1 Å². The van der Waals surface area contributed by atoms with Crippen LogP contribution in [-0.4, -0.2) is 49.1 Å². The van der Waals surface area contributed by atoms with Gasteiger partial charge in [0.1, 0.15) is 6.04 Å². The predicted molar refractivity (Wildman–Crippen MR) is 62.6 cm³/mol. The zero-order valence-corrected chi connectivity index (χ0v) is 10.9. The summed E-state index contributed by atoms with van der Waals surface area (Å²) in [4.78, 5) is 21.6. The van der Waals surface area contributed by atoms with Gasteiger partial charge in [-0.15, -0.1) is 0 Å². The van der Waals surface area contributed by atoms with Crippen LogP contribution in [0.5, 0.6) is 0 Å². The molecular formula is C9H18N2O5S. The molecule has 0 rings (SSSR count). The number of carbonyl (C=O) groups is 2. The van der Waals surface area contributed by atoms with Crippen LogP contribution < -0.4 is 10.6 Å². The van der Waals surface area contributed by atoms with E-state index in [1.165, 1.54) is 6.92 Å². The summed E-state index contributed by atoms with van der Waals surface area (Å²) in [6.45, 7) is 4.38. The molecule has 1 atom stereocenters. The number of hydrogen-bond donors (Lipinski definition) is 3. The van der Waals surface area contributed by atoms with E-state index in [4.69, 9.17) is 5.11 Å². The molecule has 1 unspecified atom stereocenters. The molecule has 0 fully saturated rings. The smallest absolute Gasteiger partial charge is 0.325 e. The van der Waals surface area contributed by atoms with E-state index >= 15 is 0 Å². The second-order valence-electron chi connectivity index (χ2n) is 3.88. The molecule has 0 aliphatic carbocycles. The SMILES string of the molecule is CC(NC(=O)NCCS(=O)(=O)C(C)C)C(=O)O. The van der Waals surface area contributed by atoms with Gasteiger partial charge in [-0.05, 0) is 20.8 Å². The number of carboxylic acid groups (broad SMARTS) is 1. The van der Waals surface area contributed by atoms with Crippen molar-refractivity contribution in [1.29, 1.82) is 0 Å². The lowest BCUT2D eigenvalue weighted by atomic mass is 10.3. The zero-order valence-electron chi connectivity index (χ0n) is 10.1. The number of carboxylic acids is 1. The fraction of sp³-hybridized carbons (Fsp3) is 0.778. The lowest BCUT2D eigenvalue weighted by Crippen LogP contribution is -2.45. The van der Waals surface area contributed by atoms with Crippen molar-refractivity contribution in [2.24, 2.45) is 0 Å². The van der Waals surface area contributed by atoms with Gasteiger partial charge in [-0.3, -0.25) is 4.79 Å². The molecule has 7 nitrogen and oxygen atoms in total. The van der Waals surface area contributed by atoms with Crippen molar-refractivity contribution in [3.63, 3.8) is 0 Å². The molecule has 3 N–H and O–H groups in total. The maximum Gasteiger partial charge on any atom is 0.325 e. The zero-order chi connectivity index (χ0) is 13.6. The lowest BCUT2D eigenvalue weighted by Gasteiger charge is -2.11. The first-order valence-electron chi connectivity index (χ1n) is 5.15. The summed E-state index contributed by atoms with van der Waals surface area (Å²) < 4.78 is 22.8. The number of rotatable bonds is 6. The Kier molecular flexibility index (Phi) is 5.94. The maximum absolute atomic E-state index is 11.4. The molecule has 0 aromatic heterocycles. The van der Waals surface area contributed by atoms with Crippen molar-refractivity contribution in [2.75, 3.05) is 12.3 Å². The van der Waals surface area contributed by atoms with Crippen LogP contribution in [0.3, 0.4) is 0 Å². The highest BCUT2D eigenvalue weighted by atomic mass is 32.2. The molecule has 0 saturated heterocycles. The van der Waals surface area contributed by atoms with Crippen molar-refractivity contribution in [1.82, 2.24) is 10.6 Å². The van der Waals surface area contributed by atoms with Crippen LogP contribution in [0.1, 0.15) is 20.8 Å². The number of urea groups is 1. The van der Waals surface area contributed by atoms with E-state index in [-0.39, 0.29) is 12.3 Å². The number of aliphatic carboxylic acids is 1. The van der Waals surface area contributed by atoms with Crippen LogP contribution in [-0.2, 0) is 14.6 Å². The van der Waals surface area contributed by atoms with E-state index in [0.717, 1.165) is 0 Å². The van der Waals surface area contributed by atoms with Crippen molar-refractivity contribution >= 4 is 21.8 Å². The lowest BCUT2D eigenvalue weighted by molar-refractivity contribution is -0.138. The molecular weight excluding hydrogens is 248 g/mol. The highest BCUT2D eigenvalue weighted by Gasteiger charge is 2.17. The largest absolute Gasteiger partial charge is 0.480 e. The van der Waals surface area contributed by atoms with Crippen LogP contribution in [0.2, 0.25) is 0 Å². The second-order valence-corrected chi connectivity index (χ2v) is 6.55. The van der Waals surface area contributed by atoms with Crippen LogP contribution in [0.25, 0.3) is 0 Å². The van der Waals surface area contributed by atoms with Gasteiger partial charge >= 0.3 is 12.0 Å². The molecule has 0 aromatic rings. The normalized spacial score (nSPS) is 13.2. The Morgan fingerprint density at radius 3 is 2.18 bits per heavy atom. The van der Waals surface area contributed by atoms with E-state index in [2.05, 4.69) is 10.6 Å². The van der Waals surface area contributed by atoms with Gasteiger partial charge in [-0.1, -0.05) is 0 Å². The Bertz CT molecular complexity index is 377. The van der Waals surface area contributed by atoms with Gasteiger partial charge in [0.05, 0.1) is 11.0 Å². The molecule has 17 heavy (non-hydrogen) atoms. The van der Waals surface area contributed by atoms with Crippen LogP contribution in [0, 0.1) is 0 Å². The first-order chi connectivity index (χ1) is 7.66. The standard InChI is InChI=1S/C9H18N2O5S/c1-6(2)17(15,16)5-4-10-9(14)11-7(3)8(12)13/h6-7H,4-5H2,1-3H3,(H,12,13)(H2,10,11,14). The Balaban J connectivity index is 3.99. The summed E-state index contributed by atoms with van der Waals surface area (Å²) in [5.41, 5.74) is 0. The van der Waals surface area contributed by atoms with Gasteiger partial charge in [0, 0.05) is 6.54 Å². The summed E-state index contributed by atoms with van der Waals surface area (Å²) >= 11 is 0. The summed E-state index contributed by atoms with van der Waals surface area (Å²) in [5, 5.41) is 12.5. The molecule has 0 saturated carbocycles. The van der Waals surface area contributed by atoms with Gasteiger partial charge in [-0.25, -0.2) is 13.2 Å². The molecule has 0 bridgehead atoms. The topological polar surface area (TPSA) is 113 Å². The Labute approximate surface area is 101 Å². The molecule has 8 heteroatoms. The van der Waals surface area contributed by atoms with Crippen LogP contribution in [0.4, 0.5) is 4.79 Å². The highest BCUT2D eigenvalue weighted by molar-refractivity contribution is 7.92. The van der Waals surface area contributed by atoms with Crippen molar-refractivity contribution < 1.29 is 23.1 Å². The number of amides is 2. The Hall–Kier alpha value is -1.31. The number of hydrogen-bond acceptors (Lipinski definition) is 4. The average molecular weight is 266 g/mol. The number of sulfone groups is 1. The quantitative estimate of drug-likeness (QED) is 0.604. The first-order valence-corrected chi connectivity index (χ1v) is 6.87. The van der Waals surface area contributed by atoms with Crippen molar-refractivity contribution in [2.45, 2.75) is 32.1 Å². The van der Waals surface area contributed by atoms with Crippen LogP contribution in [0.15, 0.2) is 0 Å². The first kappa shape index (κ1) is 15.7. The minimum Gasteiger partial charge on any atom is -0.480 e. The third-order valence-electron chi connectivity index (χ3n) is 2.11. The molecule has 100 valence electrons. The molecule has 0 spiro atoms. The second kappa shape index (κ2) is 6.43. The minimum atomic E-state index is -3.20. The highest BCUT2D eigenvalue weighted by Crippen LogP contribution is 1.98. The Morgan fingerprint density at radius 2 is 1.76 bits per heavy atom. The van der Waals surface area contributed by atoms with E-state index in [9.17, 15) is 18.0 Å². The van der Waals surface area contributed by atoms with E-state index in [1.807, 2.05) is 0 Å². The molecule has 2 amide bonds.